The number of aliphatic carboxylic acids is 1. The number of carboxylic acid groups (broad SMARTS) is 1. The van der Waals surface area contributed by atoms with Gasteiger partial charge in [-0.1, -0.05) is 42.5 Å². The minimum Gasteiger partial charge on any atom is -0.484 e. The Hall–Kier alpha value is -2.82. The van der Waals surface area contributed by atoms with Crippen LogP contribution >= 0.6 is 0 Å². The fourth-order valence-electron chi connectivity index (χ4n) is 2.07. The zero-order valence-corrected chi connectivity index (χ0v) is 12.7. The van der Waals surface area contributed by atoms with Crippen LogP contribution in [-0.2, 0) is 22.4 Å². The molecule has 0 saturated heterocycles. The smallest absolute Gasteiger partial charge is 0.307 e. The molecule has 0 bridgehead atoms. The number of carbonyl (C=O) groups is 2. The van der Waals surface area contributed by atoms with Gasteiger partial charge in [0.25, 0.3) is 5.91 Å². The van der Waals surface area contributed by atoms with Gasteiger partial charge < -0.3 is 15.2 Å². The lowest BCUT2D eigenvalue weighted by atomic mass is 10.1. The maximum atomic E-state index is 11.7. The number of carboxylic acids is 1. The standard InChI is InChI=1S/C18H19NO4/c20-17(19-11-10-14-4-2-1-3-5-14)13-23-16-8-6-15(7-9-16)12-18(21)22/h1-9H,10-13H2,(H,19,20)(H,21,22). The first-order valence-corrected chi connectivity index (χ1v) is 7.37. The van der Waals surface area contributed by atoms with Gasteiger partial charge in [-0.2, -0.15) is 0 Å². The highest BCUT2D eigenvalue weighted by molar-refractivity contribution is 5.77. The molecule has 0 unspecified atom stereocenters. The summed E-state index contributed by atoms with van der Waals surface area (Å²) in [6.07, 6.45) is 0.747. The first kappa shape index (κ1) is 16.5. The van der Waals surface area contributed by atoms with Crippen LogP contribution in [0.4, 0.5) is 0 Å². The van der Waals surface area contributed by atoms with E-state index in [-0.39, 0.29) is 18.9 Å². The van der Waals surface area contributed by atoms with E-state index in [4.69, 9.17) is 9.84 Å². The molecule has 2 aromatic rings. The maximum absolute atomic E-state index is 11.7. The topological polar surface area (TPSA) is 75.6 Å². The molecule has 0 atom stereocenters. The average molecular weight is 313 g/mol. The van der Waals surface area contributed by atoms with Crippen molar-refractivity contribution < 1.29 is 19.4 Å². The van der Waals surface area contributed by atoms with Gasteiger partial charge in [0.05, 0.1) is 6.42 Å². The Bertz CT molecular complexity index is 638. The summed E-state index contributed by atoms with van der Waals surface area (Å²) in [7, 11) is 0. The Kier molecular flexibility index (Phi) is 6.17. The number of benzene rings is 2. The zero-order chi connectivity index (χ0) is 16.5. The van der Waals surface area contributed by atoms with E-state index in [1.165, 1.54) is 5.56 Å². The second kappa shape index (κ2) is 8.58. The molecule has 1 amide bonds. The number of carbonyl (C=O) groups excluding carboxylic acids is 1. The average Bonchev–Trinajstić information content (AvgIpc) is 2.55. The highest BCUT2D eigenvalue weighted by atomic mass is 16.5. The molecule has 0 aliphatic rings. The van der Waals surface area contributed by atoms with Gasteiger partial charge in [0.15, 0.2) is 6.61 Å². The van der Waals surface area contributed by atoms with Crippen molar-refractivity contribution in [3.63, 3.8) is 0 Å². The fraction of sp³-hybridized carbons (Fsp3) is 0.222. The van der Waals surface area contributed by atoms with E-state index >= 15 is 0 Å². The van der Waals surface area contributed by atoms with Gasteiger partial charge in [0.2, 0.25) is 0 Å². The summed E-state index contributed by atoms with van der Waals surface area (Å²) in [4.78, 5) is 22.3. The van der Waals surface area contributed by atoms with Gasteiger partial charge in [-0.05, 0) is 29.7 Å². The minimum atomic E-state index is -0.878. The lowest BCUT2D eigenvalue weighted by molar-refractivity contribution is -0.136. The van der Waals surface area contributed by atoms with Crippen molar-refractivity contribution in [2.45, 2.75) is 12.8 Å². The molecular formula is C18H19NO4. The second-order valence-electron chi connectivity index (χ2n) is 5.09. The van der Waals surface area contributed by atoms with E-state index in [1.54, 1.807) is 24.3 Å². The van der Waals surface area contributed by atoms with Gasteiger partial charge in [0, 0.05) is 6.54 Å². The molecule has 0 heterocycles. The largest absolute Gasteiger partial charge is 0.484 e. The van der Waals surface area contributed by atoms with E-state index in [0.717, 1.165) is 6.42 Å². The number of hydrogen-bond acceptors (Lipinski definition) is 3. The summed E-state index contributed by atoms with van der Waals surface area (Å²) in [5.41, 5.74) is 1.86. The predicted molar refractivity (Wildman–Crippen MR) is 86.4 cm³/mol. The fourth-order valence-corrected chi connectivity index (χ4v) is 2.07. The number of rotatable bonds is 8. The molecule has 5 nitrogen and oxygen atoms in total. The molecule has 0 aromatic heterocycles. The summed E-state index contributed by atoms with van der Waals surface area (Å²) in [6, 6.07) is 16.6. The molecule has 2 N–H and O–H groups in total. The molecule has 2 aromatic carbocycles. The first-order chi connectivity index (χ1) is 11.1. The summed E-state index contributed by atoms with van der Waals surface area (Å²) in [6.45, 7) is 0.497. The lowest BCUT2D eigenvalue weighted by Gasteiger charge is -2.08. The lowest BCUT2D eigenvalue weighted by Crippen LogP contribution is -2.30. The number of ether oxygens (including phenoxy) is 1. The van der Waals surface area contributed by atoms with Crippen LogP contribution in [0.2, 0.25) is 0 Å². The predicted octanol–water partition coefficient (Wildman–Crippen LogP) is 2.05. The molecular weight excluding hydrogens is 294 g/mol. The molecule has 0 aliphatic carbocycles. The first-order valence-electron chi connectivity index (χ1n) is 7.37. The van der Waals surface area contributed by atoms with Crippen LogP contribution in [0.25, 0.3) is 0 Å². The molecule has 2 rings (SSSR count). The van der Waals surface area contributed by atoms with Crippen molar-refractivity contribution in [3.8, 4) is 5.75 Å². The van der Waals surface area contributed by atoms with Gasteiger partial charge in [-0.3, -0.25) is 9.59 Å². The zero-order valence-electron chi connectivity index (χ0n) is 12.7. The van der Waals surface area contributed by atoms with Gasteiger partial charge in [-0.15, -0.1) is 0 Å². The van der Waals surface area contributed by atoms with E-state index in [0.29, 0.717) is 17.9 Å². The third kappa shape index (κ3) is 6.22. The van der Waals surface area contributed by atoms with Gasteiger partial charge >= 0.3 is 5.97 Å². The third-order valence-electron chi connectivity index (χ3n) is 3.23. The SMILES string of the molecule is O=C(O)Cc1ccc(OCC(=O)NCCc2ccccc2)cc1. The van der Waals surface area contributed by atoms with Crippen molar-refractivity contribution >= 4 is 11.9 Å². The monoisotopic (exact) mass is 313 g/mol. The van der Waals surface area contributed by atoms with Crippen molar-refractivity contribution in [1.82, 2.24) is 5.32 Å². The second-order valence-corrected chi connectivity index (χ2v) is 5.09. The summed E-state index contributed by atoms with van der Waals surface area (Å²) in [5.74, 6) is -0.524. The van der Waals surface area contributed by atoms with Crippen molar-refractivity contribution in [2.75, 3.05) is 13.2 Å². The van der Waals surface area contributed by atoms with E-state index < -0.39 is 5.97 Å². The maximum Gasteiger partial charge on any atom is 0.307 e. The van der Waals surface area contributed by atoms with Crippen molar-refractivity contribution in [2.24, 2.45) is 0 Å². The van der Waals surface area contributed by atoms with Crippen LogP contribution in [0, 0.1) is 0 Å². The number of amides is 1. The molecule has 0 spiro atoms. The molecule has 120 valence electrons. The summed E-state index contributed by atoms with van der Waals surface area (Å²) < 4.78 is 5.37. The van der Waals surface area contributed by atoms with Crippen LogP contribution in [0.5, 0.6) is 5.75 Å². The van der Waals surface area contributed by atoms with Crippen LogP contribution in [0.15, 0.2) is 54.6 Å². The van der Waals surface area contributed by atoms with Crippen LogP contribution < -0.4 is 10.1 Å². The highest BCUT2D eigenvalue weighted by Crippen LogP contribution is 2.12. The van der Waals surface area contributed by atoms with Gasteiger partial charge in [0.1, 0.15) is 5.75 Å². The highest BCUT2D eigenvalue weighted by Gasteiger charge is 2.04. The van der Waals surface area contributed by atoms with E-state index in [1.807, 2.05) is 30.3 Å². The Morgan fingerprint density at radius 2 is 1.65 bits per heavy atom. The Morgan fingerprint density at radius 3 is 2.30 bits per heavy atom. The molecule has 23 heavy (non-hydrogen) atoms. The molecule has 0 radical (unpaired) electrons. The Balaban J connectivity index is 1.68. The van der Waals surface area contributed by atoms with Crippen LogP contribution in [0.3, 0.4) is 0 Å². The normalized spacial score (nSPS) is 10.1. The third-order valence-corrected chi connectivity index (χ3v) is 3.23. The summed E-state index contributed by atoms with van der Waals surface area (Å²) >= 11 is 0. The molecule has 0 fully saturated rings. The quantitative estimate of drug-likeness (QED) is 0.782. The van der Waals surface area contributed by atoms with Crippen LogP contribution in [0.1, 0.15) is 11.1 Å². The van der Waals surface area contributed by atoms with Gasteiger partial charge in [-0.25, -0.2) is 0 Å². The van der Waals surface area contributed by atoms with Crippen molar-refractivity contribution in [1.29, 1.82) is 0 Å². The Morgan fingerprint density at radius 1 is 0.957 bits per heavy atom. The number of nitrogens with one attached hydrogen (secondary N) is 1. The van der Waals surface area contributed by atoms with Crippen LogP contribution in [-0.4, -0.2) is 30.1 Å². The van der Waals surface area contributed by atoms with E-state index in [2.05, 4.69) is 5.32 Å². The summed E-state index contributed by atoms with van der Waals surface area (Å²) in [5, 5.41) is 11.5. The Labute approximate surface area is 134 Å². The van der Waals surface area contributed by atoms with Crippen molar-refractivity contribution in [3.05, 3.63) is 65.7 Å². The molecule has 5 heteroatoms. The molecule has 0 saturated carbocycles. The van der Waals surface area contributed by atoms with E-state index in [9.17, 15) is 9.59 Å². The number of hydrogen-bond donors (Lipinski definition) is 2. The molecule has 0 aliphatic heterocycles. The minimum absolute atomic E-state index is 0.0275.